The second-order valence-corrected chi connectivity index (χ2v) is 3.65. The van der Waals surface area contributed by atoms with Gasteiger partial charge in [0.05, 0.1) is 12.4 Å². The predicted molar refractivity (Wildman–Crippen MR) is 37.9 cm³/mol. The lowest BCUT2D eigenvalue weighted by molar-refractivity contribution is 0.301. The normalized spacial score (nSPS) is 11.8. The van der Waals surface area contributed by atoms with Gasteiger partial charge in [0, 0.05) is 13.1 Å². The van der Waals surface area contributed by atoms with E-state index in [1.807, 2.05) is 0 Å². The first-order valence-electron chi connectivity index (χ1n) is 2.90. The van der Waals surface area contributed by atoms with Gasteiger partial charge in [-0.1, -0.05) is 0 Å². The average molecular weight is 168 g/mol. The molecular formula is C4H12N2O3S. The van der Waals surface area contributed by atoms with Gasteiger partial charge in [0.1, 0.15) is 0 Å². The van der Waals surface area contributed by atoms with Crippen molar-refractivity contribution in [3.05, 3.63) is 0 Å². The molecule has 0 bridgehead atoms. The molecule has 0 heterocycles. The monoisotopic (exact) mass is 168 g/mol. The molecule has 0 atom stereocenters. The Balaban J connectivity index is 3.65. The number of hydrogen-bond donors (Lipinski definition) is 3. The summed E-state index contributed by atoms with van der Waals surface area (Å²) in [6, 6.07) is 0. The molecule has 0 unspecified atom stereocenters. The Morgan fingerprint density at radius 2 is 2.10 bits per heavy atom. The van der Waals surface area contributed by atoms with Crippen molar-refractivity contribution in [3.63, 3.8) is 0 Å². The van der Waals surface area contributed by atoms with Crippen LogP contribution in [0.5, 0.6) is 0 Å². The Labute approximate surface area is 60.3 Å². The second kappa shape index (κ2) is 4.62. The minimum atomic E-state index is -3.23. The molecule has 0 rings (SSSR count). The lowest BCUT2D eigenvalue weighted by Crippen LogP contribution is -2.31. The fraction of sp³-hybridized carbons (Fsp3) is 1.00. The molecule has 0 fully saturated rings. The molecule has 0 aliphatic carbocycles. The lowest BCUT2D eigenvalue weighted by Gasteiger charge is -2.01. The SMILES string of the molecule is NCCS(=O)(=O)NCCO. The van der Waals surface area contributed by atoms with E-state index in [9.17, 15) is 8.42 Å². The number of nitrogens with two attached hydrogens (primary N) is 1. The number of sulfonamides is 1. The third-order valence-corrected chi connectivity index (χ3v) is 2.24. The van der Waals surface area contributed by atoms with Crippen LogP contribution in [-0.4, -0.2) is 39.0 Å². The van der Waals surface area contributed by atoms with Crippen LogP contribution >= 0.6 is 0 Å². The maximum Gasteiger partial charge on any atom is 0.212 e. The van der Waals surface area contributed by atoms with Crippen molar-refractivity contribution in [1.82, 2.24) is 4.72 Å². The average Bonchev–Trinajstić information content (AvgIpc) is 1.84. The maximum absolute atomic E-state index is 10.7. The van der Waals surface area contributed by atoms with E-state index in [4.69, 9.17) is 10.8 Å². The summed E-state index contributed by atoms with van der Waals surface area (Å²) in [5.74, 6) is -0.0903. The maximum atomic E-state index is 10.7. The summed E-state index contributed by atoms with van der Waals surface area (Å²) >= 11 is 0. The largest absolute Gasteiger partial charge is 0.395 e. The molecule has 0 amide bonds. The zero-order valence-electron chi connectivity index (χ0n) is 5.58. The van der Waals surface area contributed by atoms with E-state index in [0.717, 1.165) is 0 Å². The number of aliphatic hydroxyl groups excluding tert-OH is 1. The molecule has 0 aromatic heterocycles. The summed E-state index contributed by atoms with van der Waals surface area (Å²) in [4.78, 5) is 0. The Kier molecular flexibility index (Phi) is 4.54. The molecule has 0 aliphatic heterocycles. The predicted octanol–water partition coefficient (Wildman–Crippen LogP) is -2.14. The summed E-state index contributed by atoms with van der Waals surface area (Å²) in [6.07, 6.45) is 0. The van der Waals surface area contributed by atoms with E-state index in [1.165, 1.54) is 0 Å². The molecule has 0 aliphatic rings. The lowest BCUT2D eigenvalue weighted by atomic mass is 10.8. The zero-order chi connectivity index (χ0) is 8.04. The standard InChI is InChI=1S/C4H12N2O3S/c5-1-4-10(8,9)6-2-3-7/h6-7H,1-5H2. The van der Waals surface area contributed by atoms with Crippen LogP contribution in [0.1, 0.15) is 0 Å². The summed E-state index contributed by atoms with van der Waals surface area (Å²) in [7, 11) is -3.23. The summed E-state index contributed by atoms with van der Waals surface area (Å²) in [5, 5.41) is 8.24. The molecule has 0 radical (unpaired) electrons. The van der Waals surface area contributed by atoms with Crippen molar-refractivity contribution in [2.75, 3.05) is 25.4 Å². The van der Waals surface area contributed by atoms with Gasteiger partial charge in [-0.25, -0.2) is 13.1 Å². The fourth-order valence-corrected chi connectivity index (χ4v) is 1.29. The van der Waals surface area contributed by atoms with Gasteiger partial charge in [0.15, 0.2) is 0 Å². The molecule has 0 saturated heterocycles. The van der Waals surface area contributed by atoms with Crippen LogP contribution in [0.25, 0.3) is 0 Å². The molecule has 10 heavy (non-hydrogen) atoms. The Hall–Kier alpha value is -0.170. The van der Waals surface area contributed by atoms with Gasteiger partial charge < -0.3 is 10.8 Å². The van der Waals surface area contributed by atoms with Crippen LogP contribution in [0, 0.1) is 0 Å². The van der Waals surface area contributed by atoms with Crippen molar-refractivity contribution in [1.29, 1.82) is 0 Å². The fourth-order valence-electron chi connectivity index (χ4n) is 0.428. The molecule has 0 saturated carbocycles. The highest BCUT2D eigenvalue weighted by Crippen LogP contribution is 1.78. The third-order valence-electron chi connectivity index (χ3n) is 0.820. The molecule has 6 heteroatoms. The minimum Gasteiger partial charge on any atom is -0.395 e. The number of nitrogens with one attached hydrogen (secondary N) is 1. The molecule has 0 aromatic carbocycles. The Bertz CT molecular complexity index is 165. The first-order valence-corrected chi connectivity index (χ1v) is 4.56. The van der Waals surface area contributed by atoms with Crippen molar-refractivity contribution in [2.45, 2.75) is 0 Å². The van der Waals surface area contributed by atoms with Crippen LogP contribution in [-0.2, 0) is 10.0 Å². The van der Waals surface area contributed by atoms with Crippen LogP contribution in [0.2, 0.25) is 0 Å². The number of rotatable bonds is 5. The summed E-state index contributed by atoms with van der Waals surface area (Å²) in [5.41, 5.74) is 5.00. The summed E-state index contributed by atoms with van der Waals surface area (Å²) in [6.45, 7) is -0.0348. The Morgan fingerprint density at radius 3 is 2.50 bits per heavy atom. The van der Waals surface area contributed by atoms with Crippen molar-refractivity contribution < 1.29 is 13.5 Å². The van der Waals surface area contributed by atoms with Gasteiger partial charge in [0.2, 0.25) is 10.0 Å². The van der Waals surface area contributed by atoms with Gasteiger partial charge in [0.25, 0.3) is 0 Å². The van der Waals surface area contributed by atoms with E-state index < -0.39 is 10.0 Å². The van der Waals surface area contributed by atoms with Gasteiger partial charge in [-0.15, -0.1) is 0 Å². The van der Waals surface area contributed by atoms with Gasteiger partial charge in [-0.3, -0.25) is 0 Å². The molecule has 4 N–H and O–H groups in total. The molecule has 0 aromatic rings. The first kappa shape index (κ1) is 9.83. The molecular weight excluding hydrogens is 156 g/mol. The zero-order valence-corrected chi connectivity index (χ0v) is 6.39. The first-order chi connectivity index (χ1) is 4.62. The smallest absolute Gasteiger partial charge is 0.212 e. The minimum absolute atomic E-state index is 0.0579. The van der Waals surface area contributed by atoms with Crippen molar-refractivity contribution in [2.24, 2.45) is 5.73 Å². The van der Waals surface area contributed by atoms with E-state index >= 15 is 0 Å². The van der Waals surface area contributed by atoms with Gasteiger partial charge in [-0.05, 0) is 0 Å². The Morgan fingerprint density at radius 1 is 1.50 bits per heavy atom. The topological polar surface area (TPSA) is 92.4 Å². The summed E-state index contributed by atoms with van der Waals surface area (Å²) < 4.78 is 23.5. The number of aliphatic hydroxyl groups is 1. The molecule has 62 valence electrons. The van der Waals surface area contributed by atoms with Crippen LogP contribution in [0.15, 0.2) is 0 Å². The van der Waals surface area contributed by atoms with Crippen molar-refractivity contribution in [3.8, 4) is 0 Å². The van der Waals surface area contributed by atoms with E-state index in [-0.39, 0.29) is 25.4 Å². The highest BCUT2D eigenvalue weighted by atomic mass is 32.2. The van der Waals surface area contributed by atoms with Crippen molar-refractivity contribution >= 4 is 10.0 Å². The van der Waals surface area contributed by atoms with Gasteiger partial charge in [-0.2, -0.15) is 0 Å². The van der Waals surface area contributed by atoms with Crippen LogP contribution in [0.4, 0.5) is 0 Å². The highest BCUT2D eigenvalue weighted by Gasteiger charge is 2.05. The second-order valence-electron chi connectivity index (χ2n) is 1.73. The van der Waals surface area contributed by atoms with Gasteiger partial charge >= 0.3 is 0 Å². The quantitative estimate of drug-likeness (QED) is 0.436. The van der Waals surface area contributed by atoms with E-state index in [0.29, 0.717) is 0 Å². The third kappa shape index (κ3) is 4.68. The van der Waals surface area contributed by atoms with E-state index in [1.54, 1.807) is 0 Å². The molecule has 5 nitrogen and oxygen atoms in total. The number of hydrogen-bond acceptors (Lipinski definition) is 4. The van der Waals surface area contributed by atoms with Crippen LogP contribution < -0.4 is 10.5 Å². The van der Waals surface area contributed by atoms with Crippen LogP contribution in [0.3, 0.4) is 0 Å². The molecule has 0 spiro atoms. The van der Waals surface area contributed by atoms with E-state index in [2.05, 4.69) is 4.72 Å². The highest BCUT2D eigenvalue weighted by molar-refractivity contribution is 7.89.